The highest BCUT2D eigenvalue weighted by Gasteiger charge is 2.23. The number of hydrogen-bond acceptors (Lipinski definition) is 4. The largest absolute Gasteiger partial charge is 0.493 e. The van der Waals surface area contributed by atoms with Gasteiger partial charge in [0.1, 0.15) is 0 Å². The number of aromatic hydroxyl groups is 1. The standard InChI is InChI=1S/C17H17N3O3/c1-9(2)15-14-12(17(22)23)8-13(21)18-16(14)20(19-15)11-6-4-5-10(3)7-11/h4-9H,1-3H3,(H,18,21)(H,22,23). The number of nitrogens with zero attached hydrogens (tertiary/aromatic N) is 3. The highest BCUT2D eigenvalue weighted by Crippen LogP contribution is 2.31. The Balaban J connectivity index is 2.43. The molecule has 0 spiro atoms. The molecule has 0 unspecified atom stereocenters. The van der Waals surface area contributed by atoms with Gasteiger partial charge in [-0.2, -0.15) is 10.1 Å². The molecule has 3 aromatic rings. The van der Waals surface area contributed by atoms with Crippen molar-refractivity contribution in [3.63, 3.8) is 0 Å². The number of aryl methyl sites for hydroxylation is 1. The maximum Gasteiger partial charge on any atom is 0.336 e. The molecule has 0 aliphatic heterocycles. The van der Waals surface area contributed by atoms with E-state index in [1.54, 1.807) is 4.68 Å². The van der Waals surface area contributed by atoms with Crippen molar-refractivity contribution in [1.29, 1.82) is 0 Å². The summed E-state index contributed by atoms with van der Waals surface area (Å²) >= 11 is 0. The van der Waals surface area contributed by atoms with Crippen LogP contribution in [0.2, 0.25) is 0 Å². The van der Waals surface area contributed by atoms with Gasteiger partial charge in [0, 0.05) is 6.07 Å². The third kappa shape index (κ3) is 2.52. The van der Waals surface area contributed by atoms with Crippen molar-refractivity contribution in [2.75, 3.05) is 0 Å². The van der Waals surface area contributed by atoms with E-state index < -0.39 is 5.97 Å². The Hall–Kier alpha value is -2.89. The lowest BCUT2D eigenvalue weighted by Crippen LogP contribution is -2.01. The molecule has 0 saturated heterocycles. The maximum atomic E-state index is 11.6. The molecule has 2 heterocycles. The van der Waals surface area contributed by atoms with Gasteiger partial charge in [0.05, 0.1) is 22.3 Å². The highest BCUT2D eigenvalue weighted by atomic mass is 16.4. The van der Waals surface area contributed by atoms with Crippen LogP contribution in [-0.4, -0.2) is 30.9 Å². The molecule has 0 aliphatic rings. The molecule has 6 nitrogen and oxygen atoms in total. The Morgan fingerprint density at radius 1 is 1.26 bits per heavy atom. The van der Waals surface area contributed by atoms with E-state index in [9.17, 15) is 15.0 Å². The molecule has 0 bridgehead atoms. The fourth-order valence-electron chi connectivity index (χ4n) is 2.64. The van der Waals surface area contributed by atoms with Gasteiger partial charge >= 0.3 is 5.97 Å². The number of rotatable bonds is 3. The van der Waals surface area contributed by atoms with Crippen molar-refractivity contribution >= 4 is 17.0 Å². The number of carboxylic acid groups (broad SMARTS) is 1. The number of hydrogen-bond donors (Lipinski definition) is 2. The lowest BCUT2D eigenvalue weighted by atomic mass is 10.0. The highest BCUT2D eigenvalue weighted by molar-refractivity contribution is 6.03. The fraction of sp³-hybridized carbons (Fsp3) is 0.235. The van der Waals surface area contributed by atoms with Gasteiger partial charge < -0.3 is 10.2 Å². The van der Waals surface area contributed by atoms with Crippen molar-refractivity contribution in [3.8, 4) is 11.6 Å². The predicted octanol–water partition coefficient (Wildman–Crippen LogP) is 3.26. The summed E-state index contributed by atoms with van der Waals surface area (Å²) in [5.74, 6) is -1.43. The van der Waals surface area contributed by atoms with E-state index in [1.165, 1.54) is 6.07 Å². The predicted molar refractivity (Wildman–Crippen MR) is 86.3 cm³/mol. The minimum absolute atomic E-state index is 0.00935. The number of carbonyl (C=O) groups is 1. The SMILES string of the molecule is Cc1cccc(-n2nc(C(C)C)c3c(C(=O)O)cc(O)nc32)c1. The van der Waals surface area contributed by atoms with Crippen LogP contribution in [-0.2, 0) is 0 Å². The number of benzene rings is 1. The Morgan fingerprint density at radius 2 is 2.00 bits per heavy atom. The van der Waals surface area contributed by atoms with Gasteiger partial charge in [0.25, 0.3) is 0 Å². The smallest absolute Gasteiger partial charge is 0.336 e. The first-order valence-electron chi connectivity index (χ1n) is 7.31. The molecule has 1 aromatic carbocycles. The van der Waals surface area contributed by atoms with Gasteiger partial charge in [-0.05, 0) is 30.5 Å². The number of aromatic nitrogens is 3. The lowest BCUT2D eigenvalue weighted by Gasteiger charge is -2.05. The minimum Gasteiger partial charge on any atom is -0.493 e. The van der Waals surface area contributed by atoms with Crippen LogP contribution < -0.4 is 0 Å². The molecule has 0 aliphatic carbocycles. The summed E-state index contributed by atoms with van der Waals surface area (Å²) in [5.41, 5.74) is 2.82. The maximum absolute atomic E-state index is 11.6. The quantitative estimate of drug-likeness (QED) is 0.775. The number of pyridine rings is 1. The second kappa shape index (κ2) is 5.39. The fourth-order valence-corrected chi connectivity index (χ4v) is 2.64. The second-order valence-corrected chi connectivity index (χ2v) is 5.82. The molecule has 2 aromatic heterocycles. The van der Waals surface area contributed by atoms with Gasteiger partial charge in [-0.15, -0.1) is 0 Å². The Kier molecular flexibility index (Phi) is 3.52. The third-order valence-corrected chi connectivity index (χ3v) is 3.67. The van der Waals surface area contributed by atoms with E-state index >= 15 is 0 Å². The average molecular weight is 311 g/mol. The van der Waals surface area contributed by atoms with E-state index in [4.69, 9.17) is 0 Å². The summed E-state index contributed by atoms with van der Waals surface area (Å²) in [5, 5.41) is 24.3. The lowest BCUT2D eigenvalue weighted by molar-refractivity contribution is 0.0698. The molecule has 0 fully saturated rings. The second-order valence-electron chi connectivity index (χ2n) is 5.82. The molecule has 0 atom stereocenters. The minimum atomic E-state index is -1.11. The van der Waals surface area contributed by atoms with Crippen LogP contribution in [0.5, 0.6) is 5.88 Å². The van der Waals surface area contributed by atoms with Gasteiger partial charge in [0.15, 0.2) is 5.65 Å². The Bertz CT molecular complexity index is 913. The Morgan fingerprint density at radius 3 is 2.61 bits per heavy atom. The van der Waals surface area contributed by atoms with Crippen LogP contribution in [0, 0.1) is 6.92 Å². The summed E-state index contributed by atoms with van der Waals surface area (Å²) < 4.78 is 1.59. The average Bonchev–Trinajstić information content (AvgIpc) is 2.85. The van der Waals surface area contributed by atoms with Crippen LogP contribution in [0.4, 0.5) is 0 Å². The number of fused-ring (bicyclic) bond motifs is 1. The molecular weight excluding hydrogens is 294 g/mol. The van der Waals surface area contributed by atoms with Crippen LogP contribution >= 0.6 is 0 Å². The molecule has 118 valence electrons. The van der Waals surface area contributed by atoms with E-state index in [1.807, 2.05) is 45.0 Å². The van der Waals surface area contributed by atoms with Gasteiger partial charge in [-0.25, -0.2) is 9.48 Å². The zero-order valence-electron chi connectivity index (χ0n) is 13.1. The Labute approximate surface area is 133 Å². The summed E-state index contributed by atoms with van der Waals surface area (Å²) in [4.78, 5) is 15.7. The van der Waals surface area contributed by atoms with E-state index in [2.05, 4.69) is 10.1 Å². The van der Waals surface area contributed by atoms with E-state index in [0.29, 0.717) is 16.7 Å². The topological polar surface area (TPSA) is 88.2 Å². The summed E-state index contributed by atoms with van der Waals surface area (Å²) in [6.45, 7) is 5.85. The van der Waals surface area contributed by atoms with Gasteiger partial charge in [-0.3, -0.25) is 0 Å². The van der Waals surface area contributed by atoms with Crippen LogP contribution in [0.25, 0.3) is 16.7 Å². The van der Waals surface area contributed by atoms with Crippen molar-refractivity contribution in [3.05, 3.63) is 47.2 Å². The van der Waals surface area contributed by atoms with Crippen molar-refractivity contribution in [2.24, 2.45) is 0 Å². The van der Waals surface area contributed by atoms with Crippen molar-refractivity contribution in [1.82, 2.24) is 14.8 Å². The molecule has 0 saturated carbocycles. The van der Waals surface area contributed by atoms with E-state index in [0.717, 1.165) is 11.3 Å². The summed E-state index contributed by atoms with van der Waals surface area (Å²) in [6, 6.07) is 8.83. The van der Waals surface area contributed by atoms with Gasteiger partial charge in [0.2, 0.25) is 5.88 Å². The first-order valence-corrected chi connectivity index (χ1v) is 7.31. The first-order chi connectivity index (χ1) is 10.9. The van der Waals surface area contributed by atoms with E-state index in [-0.39, 0.29) is 17.4 Å². The van der Waals surface area contributed by atoms with Crippen molar-refractivity contribution < 1.29 is 15.0 Å². The molecule has 6 heteroatoms. The summed E-state index contributed by atoms with van der Waals surface area (Å²) in [7, 11) is 0. The molecule has 3 rings (SSSR count). The molecule has 2 N–H and O–H groups in total. The van der Waals surface area contributed by atoms with Crippen LogP contribution in [0.15, 0.2) is 30.3 Å². The molecule has 0 amide bonds. The number of carboxylic acids is 1. The summed E-state index contributed by atoms with van der Waals surface area (Å²) in [6.07, 6.45) is 0. The zero-order chi connectivity index (χ0) is 16.7. The molecule has 23 heavy (non-hydrogen) atoms. The molecular formula is C17H17N3O3. The van der Waals surface area contributed by atoms with Crippen LogP contribution in [0.1, 0.15) is 41.4 Å². The number of aromatic carboxylic acids is 1. The first kappa shape index (κ1) is 15.0. The normalized spacial score (nSPS) is 11.3. The third-order valence-electron chi connectivity index (χ3n) is 3.67. The van der Waals surface area contributed by atoms with Gasteiger partial charge in [-0.1, -0.05) is 26.0 Å². The monoisotopic (exact) mass is 311 g/mol. The molecule has 0 radical (unpaired) electrons. The van der Waals surface area contributed by atoms with Crippen LogP contribution in [0.3, 0.4) is 0 Å². The van der Waals surface area contributed by atoms with Crippen molar-refractivity contribution in [2.45, 2.75) is 26.7 Å². The zero-order valence-corrected chi connectivity index (χ0v) is 13.1.